The Morgan fingerprint density at radius 2 is 1.73 bits per heavy atom. The van der Waals surface area contributed by atoms with Crippen LogP contribution in [0.15, 0.2) is 71.9 Å². The van der Waals surface area contributed by atoms with Crippen LogP contribution in [0.1, 0.15) is 23.6 Å². The Morgan fingerprint density at radius 1 is 0.978 bits per heavy atom. The van der Waals surface area contributed by atoms with E-state index in [1.807, 2.05) is 66.9 Å². The molecule has 0 aliphatic heterocycles. The molecule has 1 N–H and O–H groups in total. The fourth-order valence-corrected chi connectivity index (χ4v) is 5.21. The Balaban J connectivity index is 1.50. The van der Waals surface area contributed by atoms with Crippen molar-refractivity contribution in [3.8, 4) is 22.8 Å². The first kappa shape index (κ1) is 33.5. The van der Waals surface area contributed by atoms with Crippen molar-refractivity contribution < 1.29 is 32.2 Å². The number of carbonyl (C=O) groups is 2. The highest BCUT2D eigenvalue weighted by Gasteiger charge is 2.31. The molecule has 45 heavy (non-hydrogen) atoms. The number of methoxy groups -OCH3 is 1. The smallest absolute Gasteiger partial charge is 0.416 e. The highest BCUT2D eigenvalue weighted by atomic mass is 32.2. The van der Waals surface area contributed by atoms with Crippen LogP contribution >= 0.6 is 11.8 Å². The predicted octanol–water partition coefficient (Wildman–Crippen LogP) is 6.17. The average Bonchev–Trinajstić information content (AvgIpc) is 3.44. The number of anilines is 1. The molecule has 9 nitrogen and oxygen atoms in total. The molecule has 2 amide bonds. The number of alkyl halides is 3. The standard InChI is InChI=1S/C32H34F3N5O4S/c1-5-39(19-28(41)36-26-18-24(32(33,34)35)12-14-27(26)44-16-15-43-4)29(42)20-45-31-38-37-30(23-9-7-6-8-10-23)40(31)25-13-11-21(2)22(3)17-25/h6-14,17-18H,5,15-16,19-20H2,1-4H3,(H,36,41). The summed E-state index contributed by atoms with van der Waals surface area (Å²) in [7, 11) is 1.46. The lowest BCUT2D eigenvalue weighted by atomic mass is 10.1. The Hall–Kier alpha value is -4.36. The van der Waals surface area contributed by atoms with E-state index in [0.717, 1.165) is 40.6 Å². The van der Waals surface area contributed by atoms with E-state index in [4.69, 9.17) is 9.47 Å². The van der Waals surface area contributed by atoms with Crippen LogP contribution in [0.3, 0.4) is 0 Å². The number of benzene rings is 3. The maximum absolute atomic E-state index is 13.4. The molecule has 4 aromatic rings. The molecule has 0 saturated heterocycles. The molecule has 3 aromatic carbocycles. The lowest BCUT2D eigenvalue weighted by molar-refractivity contribution is -0.137. The predicted molar refractivity (Wildman–Crippen MR) is 167 cm³/mol. The molecule has 0 spiro atoms. The minimum atomic E-state index is -4.62. The number of halogens is 3. The SMILES string of the molecule is CCN(CC(=O)Nc1cc(C(F)(F)F)ccc1OCCOC)C(=O)CSc1nnc(-c2ccccc2)n1-c1ccc(C)c(C)c1. The number of nitrogens with zero attached hydrogens (tertiary/aromatic N) is 4. The number of aryl methyl sites for hydroxylation is 2. The number of hydrogen-bond acceptors (Lipinski definition) is 7. The molecule has 0 radical (unpaired) electrons. The van der Waals surface area contributed by atoms with Crippen molar-refractivity contribution in [1.29, 1.82) is 0 Å². The van der Waals surface area contributed by atoms with Gasteiger partial charge in [-0.05, 0) is 62.2 Å². The van der Waals surface area contributed by atoms with Crippen molar-refractivity contribution in [3.05, 3.63) is 83.4 Å². The molecule has 0 atom stereocenters. The van der Waals surface area contributed by atoms with E-state index in [0.29, 0.717) is 11.0 Å². The first-order valence-electron chi connectivity index (χ1n) is 14.1. The molecule has 0 saturated carbocycles. The monoisotopic (exact) mass is 641 g/mol. The highest BCUT2D eigenvalue weighted by molar-refractivity contribution is 7.99. The fourth-order valence-electron chi connectivity index (χ4n) is 4.36. The first-order chi connectivity index (χ1) is 21.5. The Morgan fingerprint density at radius 3 is 2.40 bits per heavy atom. The summed E-state index contributed by atoms with van der Waals surface area (Å²) in [6, 6.07) is 18.4. The summed E-state index contributed by atoms with van der Waals surface area (Å²) in [5.74, 6) is -0.401. The third-order valence-electron chi connectivity index (χ3n) is 6.93. The lowest BCUT2D eigenvalue weighted by Gasteiger charge is -2.21. The van der Waals surface area contributed by atoms with Gasteiger partial charge in [-0.1, -0.05) is 48.2 Å². The molecule has 0 fully saturated rings. The second kappa shape index (κ2) is 15.1. The second-order valence-corrected chi connectivity index (χ2v) is 11.0. The number of aromatic nitrogens is 3. The zero-order chi connectivity index (χ0) is 32.6. The zero-order valence-corrected chi connectivity index (χ0v) is 26.2. The van der Waals surface area contributed by atoms with Gasteiger partial charge in [0.25, 0.3) is 0 Å². The van der Waals surface area contributed by atoms with Gasteiger partial charge in [0.2, 0.25) is 11.8 Å². The summed E-state index contributed by atoms with van der Waals surface area (Å²) in [4.78, 5) is 27.5. The van der Waals surface area contributed by atoms with Crippen LogP contribution in [-0.4, -0.2) is 70.6 Å². The van der Waals surface area contributed by atoms with E-state index < -0.39 is 17.6 Å². The number of rotatable bonds is 13. The molecular formula is C32H34F3N5O4S. The molecule has 0 bridgehead atoms. The first-order valence-corrected chi connectivity index (χ1v) is 15.1. The summed E-state index contributed by atoms with van der Waals surface area (Å²) in [6.45, 7) is 5.85. The van der Waals surface area contributed by atoms with Crippen molar-refractivity contribution in [2.45, 2.75) is 32.1 Å². The topological polar surface area (TPSA) is 98.6 Å². The van der Waals surface area contributed by atoms with Gasteiger partial charge < -0.3 is 19.7 Å². The molecular weight excluding hydrogens is 607 g/mol. The van der Waals surface area contributed by atoms with Crippen molar-refractivity contribution in [3.63, 3.8) is 0 Å². The Kier molecular flexibility index (Phi) is 11.2. The molecule has 1 aromatic heterocycles. The van der Waals surface area contributed by atoms with Crippen LogP contribution in [0.2, 0.25) is 0 Å². The van der Waals surface area contributed by atoms with E-state index in [1.54, 1.807) is 6.92 Å². The van der Waals surface area contributed by atoms with Crippen LogP contribution in [0, 0.1) is 13.8 Å². The molecule has 4 rings (SSSR count). The van der Waals surface area contributed by atoms with E-state index in [2.05, 4.69) is 15.5 Å². The largest absolute Gasteiger partial charge is 0.489 e. The summed E-state index contributed by atoms with van der Waals surface area (Å²) >= 11 is 1.18. The zero-order valence-electron chi connectivity index (χ0n) is 25.4. The summed E-state index contributed by atoms with van der Waals surface area (Å²) in [6.07, 6.45) is -4.62. The summed E-state index contributed by atoms with van der Waals surface area (Å²) in [5.41, 5.74) is 2.82. The molecule has 238 valence electrons. The van der Waals surface area contributed by atoms with Crippen molar-refractivity contribution in [1.82, 2.24) is 19.7 Å². The minimum absolute atomic E-state index is 0.0478. The van der Waals surface area contributed by atoms with Gasteiger partial charge in [0.1, 0.15) is 12.4 Å². The quantitative estimate of drug-likeness (QED) is 0.138. The maximum atomic E-state index is 13.4. The average molecular weight is 642 g/mol. The Bertz CT molecular complexity index is 1630. The van der Waals surface area contributed by atoms with Gasteiger partial charge in [-0.3, -0.25) is 14.2 Å². The molecule has 0 aliphatic carbocycles. The number of nitrogens with one attached hydrogen (secondary N) is 1. The highest BCUT2D eigenvalue weighted by Crippen LogP contribution is 2.35. The van der Waals surface area contributed by atoms with Gasteiger partial charge >= 0.3 is 6.18 Å². The van der Waals surface area contributed by atoms with Gasteiger partial charge in [-0.15, -0.1) is 10.2 Å². The van der Waals surface area contributed by atoms with Gasteiger partial charge in [-0.2, -0.15) is 13.2 Å². The number of thioether (sulfide) groups is 1. The summed E-state index contributed by atoms with van der Waals surface area (Å²) in [5, 5.41) is 11.8. The lowest BCUT2D eigenvalue weighted by Crippen LogP contribution is -2.39. The molecule has 0 unspecified atom stereocenters. The van der Waals surface area contributed by atoms with Crippen LogP contribution in [0.25, 0.3) is 17.1 Å². The van der Waals surface area contributed by atoms with E-state index in [9.17, 15) is 22.8 Å². The van der Waals surface area contributed by atoms with Crippen LogP contribution in [0.5, 0.6) is 5.75 Å². The normalized spacial score (nSPS) is 11.4. The molecule has 0 aliphatic rings. The van der Waals surface area contributed by atoms with Gasteiger partial charge in [0, 0.05) is 19.2 Å². The van der Waals surface area contributed by atoms with Crippen LogP contribution in [0.4, 0.5) is 18.9 Å². The number of amides is 2. The molecule has 1 heterocycles. The van der Waals surface area contributed by atoms with Gasteiger partial charge in [-0.25, -0.2) is 0 Å². The fraction of sp³-hybridized carbons (Fsp3) is 0.312. The van der Waals surface area contributed by atoms with Crippen molar-refractivity contribution in [2.75, 3.05) is 44.5 Å². The van der Waals surface area contributed by atoms with Gasteiger partial charge in [0.05, 0.1) is 35.8 Å². The van der Waals surface area contributed by atoms with Crippen molar-refractivity contribution >= 4 is 29.3 Å². The number of ether oxygens (including phenoxy) is 2. The number of likely N-dealkylation sites (N-methyl/N-ethyl adjacent to an activating group) is 1. The van der Waals surface area contributed by atoms with E-state index >= 15 is 0 Å². The second-order valence-electron chi connectivity index (χ2n) is 10.1. The van der Waals surface area contributed by atoms with E-state index in [1.165, 1.54) is 23.8 Å². The van der Waals surface area contributed by atoms with Gasteiger partial charge in [0.15, 0.2) is 11.0 Å². The minimum Gasteiger partial charge on any atom is -0.489 e. The maximum Gasteiger partial charge on any atom is 0.416 e. The summed E-state index contributed by atoms with van der Waals surface area (Å²) < 4.78 is 52.4. The number of hydrogen-bond donors (Lipinski definition) is 1. The molecule has 13 heteroatoms. The number of carbonyl (C=O) groups excluding carboxylic acids is 2. The van der Waals surface area contributed by atoms with E-state index in [-0.39, 0.29) is 49.4 Å². The third kappa shape index (κ3) is 8.64. The van der Waals surface area contributed by atoms with Crippen LogP contribution < -0.4 is 10.1 Å². The van der Waals surface area contributed by atoms with Crippen molar-refractivity contribution in [2.24, 2.45) is 0 Å². The van der Waals surface area contributed by atoms with Crippen LogP contribution in [-0.2, 0) is 20.5 Å². The third-order valence-corrected chi connectivity index (χ3v) is 7.85. The Labute approximate surface area is 263 Å².